The molecule has 0 amide bonds. The molecule has 0 unspecified atom stereocenters. The summed E-state index contributed by atoms with van der Waals surface area (Å²) in [5.74, 6) is 1.60. The van der Waals surface area contributed by atoms with E-state index in [1.54, 1.807) is 52.3 Å². The molecule has 0 radical (unpaired) electrons. The summed E-state index contributed by atoms with van der Waals surface area (Å²) in [5, 5.41) is 0. The lowest BCUT2D eigenvalue weighted by Crippen LogP contribution is -2.35. The number of ketones is 1. The highest BCUT2D eigenvalue weighted by Gasteiger charge is 2.60. The highest BCUT2D eigenvalue weighted by atomic mass is 32.2. The Bertz CT molecular complexity index is 1110. The van der Waals surface area contributed by atoms with E-state index < -0.39 is 14.6 Å². The minimum atomic E-state index is -3.69. The molecular weight excluding hydrogens is 466 g/mol. The number of methoxy groups -OCH3 is 2. The van der Waals surface area contributed by atoms with Crippen LogP contribution in [0.3, 0.4) is 0 Å². The van der Waals surface area contributed by atoms with E-state index in [0.717, 1.165) is 37.4 Å². The average molecular weight is 504 g/mol. The second-order valence-corrected chi connectivity index (χ2v) is 11.7. The number of nitrogens with zero attached hydrogens (tertiary/aromatic N) is 1. The normalized spacial score (nSPS) is 14.7. The Morgan fingerprint density at radius 1 is 1.00 bits per heavy atom. The van der Waals surface area contributed by atoms with E-state index in [1.165, 1.54) is 5.56 Å². The summed E-state index contributed by atoms with van der Waals surface area (Å²) in [5.41, 5.74) is 1.18. The summed E-state index contributed by atoms with van der Waals surface area (Å²) < 4.78 is 41.4. The van der Waals surface area contributed by atoms with Crippen LogP contribution in [0.15, 0.2) is 47.4 Å². The molecular formula is C27H37NO6S. The van der Waals surface area contributed by atoms with Crippen molar-refractivity contribution in [2.45, 2.75) is 49.2 Å². The summed E-state index contributed by atoms with van der Waals surface area (Å²) >= 11 is 0. The molecule has 0 bridgehead atoms. The van der Waals surface area contributed by atoms with Crippen LogP contribution in [0.1, 0.15) is 38.7 Å². The Labute approximate surface area is 209 Å². The zero-order valence-corrected chi connectivity index (χ0v) is 22.2. The van der Waals surface area contributed by atoms with Crippen molar-refractivity contribution in [2.24, 2.45) is 5.92 Å². The van der Waals surface area contributed by atoms with Gasteiger partial charge in [0.2, 0.25) is 0 Å². The molecule has 0 aliphatic heterocycles. The summed E-state index contributed by atoms with van der Waals surface area (Å²) in [6.45, 7) is 5.81. The highest BCUT2D eigenvalue weighted by molar-refractivity contribution is 7.94. The molecule has 2 aromatic carbocycles. The Balaban J connectivity index is 1.44. The Hall–Kier alpha value is -2.58. The number of likely N-dealkylation sites (N-methyl/N-ethyl adjacent to an activating group) is 1. The van der Waals surface area contributed by atoms with Crippen LogP contribution in [0, 0.1) is 5.92 Å². The van der Waals surface area contributed by atoms with E-state index in [-0.39, 0.29) is 16.6 Å². The third kappa shape index (κ3) is 6.16. The third-order valence-electron chi connectivity index (χ3n) is 6.51. The first kappa shape index (κ1) is 27.0. The molecule has 8 heteroatoms. The number of carbonyl (C=O) groups excluding carboxylic acids is 1. The van der Waals surface area contributed by atoms with Crippen molar-refractivity contribution >= 4 is 15.6 Å². The van der Waals surface area contributed by atoms with Gasteiger partial charge in [-0.15, -0.1) is 0 Å². The number of sulfone groups is 1. The van der Waals surface area contributed by atoms with Gasteiger partial charge in [-0.05, 0) is 74.7 Å². The van der Waals surface area contributed by atoms with Crippen LogP contribution < -0.4 is 14.2 Å². The molecule has 2 aromatic rings. The number of rotatable bonds is 14. The van der Waals surface area contributed by atoms with Gasteiger partial charge in [-0.1, -0.05) is 19.9 Å². The highest BCUT2D eigenvalue weighted by Crippen LogP contribution is 2.49. The monoisotopic (exact) mass is 503 g/mol. The van der Waals surface area contributed by atoms with Gasteiger partial charge in [0.05, 0.1) is 25.7 Å². The molecule has 1 fully saturated rings. The molecule has 0 heterocycles. The molecule has 1 aliphatic carbocycles. The number of hydrogen-bond acceptors (Lipinski definition) is 7. The van der Waals surface area contributed by atoms with Crippen LogP contribution in [-0.4, -0.2) is 64.8 Å². The number of hydrogen-bond donors (Lipinski definition) is 0. The molecule has 0 spiro atoms. The van der Waals surface area contributed by atoms with Gasteiger partial charge in [-0.25, -0.2) is 8.42 Å². The van der Waals surface area contributed by atoms with E-state index in [2.05, 4.69) is 11.9 Å². The topological polar surface area (TPSA) is 82.1 Å². The average Bonchev–Trinajstić information content (AvgIpc) is 3.67. The van der Waals surface area contributed by atoms with Gasteiger partial charge in [-0.3, -0.25) is 4.79 Å². The van der Waals surface area contributed by atoms with Crippen LogP contribution in [0.4, 0.5) is 0 Å². The van der Waals surface area contributed by atoms with Crippen molar-refractivity contribution in [1.29, 1.82) is 0 Å². The second-order valence-electron chi connectivity index (χ2n) is 9.43. The lowest BCUT2D eigenvalue weighted by molar-refractivity contribution is -0.122. The van der Waals surface area contributed by atoms with Crippen LogP contribution >= 0.6 is 0 Å². The zero-order chi connectivity index (χ0) is 25.6. The molecule has 0 N–H and O–H groups in total. The van der Waals surface area contributed by atoms with Crippen molar-refractivity contribution in [3.8, 4) is 17.2 Å². The summed E-state index contributed by atoms with van der Waals surface area (Å²) in [4.78, 5) is 14.9. The van der Waals surface area contributed by atoms with Gasteiger partial charge >= 0.3 is 0 Å². The lowest BCUT2D eigenvalue weighted by Gasteiger charge is -2.18. The molecule has 0 saturated heterocycles. The van der Waals surface area contributed by atoms with E-state index in [1.807, 2.05) is 18.2 Å². The summed E-state index contributed by atoms with van der Waals surface area (Å²) in [6.07, 6.45) is 2.55. The molecule has 35 heavy (non-hydrogen) atoms. The van der Waals surface area contributed by atoms with E-state index >= 15 is 0 Å². The van der Waals surface area contributed by atoms with Gasteiger partial charge in [-0.2, -0.15) is 0 Å². The largest absolute Gasteiger partial charge is 0.494 e. The van der Waals surface area contributed by atoms with Crippen molar-refractivity contribution in [1.82, 2.24) is 4.90 Å². The smallest absolute Gasteiger partial charge is 0.191 e. The standard InChI is InChI=1S/C27H37NO6S/c1-20(2)26(29)27(14-15-27)35(30,31)23-10-8-22(9-11-23)34-18-6-16-28(3)17-13-21-7-12-24(32-4)25(19-21)33-5/h7-12,19-20H,6,13-18H2,1-5H3. The number of carbonyl (C=O) groups is 1. The van der Waals surface area contributed by atoms with E-state index in [4.69, 9.17) is 14.2 Å². The van der Waals surface area contributed by atoms with Crippen LogP contribution in [-0.2, 0) is 21.1 Å². The van der Waals surface area contributed by atoms with Crippen LogP contribution in [0.25, 0.3) is 0 Å². The van der Waals surface area contributed by atoms with Gasteiger partial charge in [0, 0.05) is 19.0 Å². The first-order chi connectivity index (χ1) is 16.6. The third-order valence-corrected chi connectivity index (χ3v) is 9.04. The minimum absolute atomic E-state index is 0.186. The first-order valence-corrected chi connectivity index (χ1v) is 13.5. The summed E-state index contributed by atoms with van der Waals surface area (Å²) in [7, 11) is 1.65. The zero-order valence-electron chi connectivity index (χ0n) is 21.4. The van der Waals surface area contributed by atoms with Crippen molar-refractivity contribution in [2.75, 3.05) is 41.0 Å². The minimum Gasteiger partial charge on any atom is -0.494 e. The van der Waals surface area contributed by atoms with Crippen LogP contribution in [0.5, 0.6) is 17.2 Å². The molecule has 0 atom stereocenters. The molecule has 0 aromatic heterocycles. The van der Waals surface area contributed by atoms with Crippen molar-refractivity contribution in [3.05, 3.63) is 48.0 Å². The van der Waals surface area contributed by atoms with Gasteiger partial charge < -0.3 is 19.1 Å². The van der Waals surface area contributed by atoms with E-state index in [9.17, 15) is 13.2 Å². The van der Waals surface area contributed by atoms with Crippen molar-refractivity contribution in [3.63, 3.8) is 0 Å². The van der Waals surface area contributed by atoms with E-state index in [0.29, 0.717) is 25.2 Å². The lowest BCUT2D eigenvalue weighted by atomic mass is 10.1. The fourth-order valence-electron chi connectivity index (χ4n) is 4.22. The van der Waals surface area contributed by atoms with Crippen molar-refractivity contribution < 1.29 is 27.4 Å². The van der Waals surface area contributed by atoms with Gasteiger partial charge in [0.25, 0.3) is 0 Å². The molecule has 1 saturated carbocycles. The second kappa shape index (κ2) is 11.4. The first-order valence-electron chi connectivity index (χ1n) is 12.1. The molecule has 3 rings (SSSR count). The quantitative estimate of drug-likeness (QED) is 0.358. The number of benzene rings is 2. The van der Waals surface area contributed by atoms with Gasteiger partial charge in [0.1, 0.15) is 10.5 Å². The maximum absolute atomic E-state index is 13.1. The number of Topliss-reactive ketones (excluding diaryl/α,β-unsaturated/α-hetero) is 1. The predicted octanol–water partition coefficient (Wildman–Crippen LogP) is 4.18. The predicted molar refractivity (Wildman–Crippen MR) is 136 cm³/mol. The SMILES string of the molecule is COc1ccc(CCN(C)CCCOc2ccc(S(=O)(=O)C3(C(=O)C(C)C)CC3)cc2)cc1OC. The fourth-order valence-corrected chi connectivity index (χ4v) is 6.31. The summed E-state index contributed by atoms with van der Waals surface area (Å²) in [6, 6.07) is 12.4. The number of ether oxygens (including phenoxy) is 3. The molecule has 1 aliphatic rings. The Morgan fingerprint density at radius 3 is 2.23 bits per heavy atom. The van der Waals surface area contributed by atoms with Gasteiger partial charge in [0.15, 0.2) is 27.1 Å². The van der Waals surface area contributed by atoms with Crippen LogP contribution in [0.2, 0.25) is 0 Å². The Kier molecular flexibility index (Phi) is 8.83. The maximum Gasteiger partial charge on any atom is 0.191 e. The maximum atomic E-state index is 13.1. The fraction of sp³-hybridized carbons (Fsp3) is 0.519. The molecule has 192 valence electrons. The molecule has 7 nitrogen and oxygen atoms in total. The Morgan fingerprint density at radius 2 is 1.66 bits per heavy atom.